The zero-order chi connectivity index (χ0) is 12.8. The molecule has 0 radical (unpaired) electrons. The van der Waals surface area contributed by atoms with Crippen molar-refractivity contribution < 1.29 is 17.6 Å². The summed E-state index contributed by atoms with van der Waals surface area (Å²) in [6.45, 7) is 3.44. The molecule has 0 saturated heterocycles. The first-order valence-corrected chi connectivity index (χ1v) is 4.81. The highest BCUT2D eigenvalue weighted by molar-refractivity contribution is 5.44. The number of halogens is 4. The summed E-state index contributed by atoms with van der Waals surface area (Å²) in [4.78, 5) is 7.36. The zero-order valence-electron chi connectivity index (χ0n) is 9.09. The van der Waals surface area contributed by atoms with E-state index in [-0.39, 0.29) is 5.65 Å². The Bertz CT molecular complexity index is 562. The van der Waals surface area contributed by atoms with Gasteiger partial charge in [0.15, 0.2) is 0 Å². The van der Waals surface area contributed by atoms with Crippen LogP contribution in [-0.2, 0) is 5.92 Å². The summed E-state index contributed by atoms with van der Waals surface area (Å²) in [5.41, 5.74) is 0.596. The van der Waals surface area contributed by atoms with Gasteiger partial charge in [-0.2, -0.15) is 8.78 Å². The summed E-state index contributed by atoms with van der Waals surface area (Å²) in [6, 6.07) is 0.881. The molecular formula is C10H9F4N3. The molecule has 2 heterocycles. The van der Waals surface area contributed by atoms with E-state index in [0.717, 1.165) is 18.1 Å². The van der Waals surface area contributed by atoms with E-state index < -0.39 is 18.0 Å². The van der Waals surface area contributed by atoms with Gasteiger partial charge < -0.3 is 0 Å². The summed E-state index contributed by atoms with van der Waals surface area (Å²) in [6.07, 6.45) is -2.70. The molecule has 3 nitrogen and oxygen atoms in total. The molecule has 92 valence electrons. The van der Waals surface area contributed by atoms with Crippen LogP contribution >= 0.6 is 0 Å². The summed E-state index contributed by atoms with van der Waals surface area (Å²) < 4.78 is 51.9. The number of nitrogens with zero attached hydrogens (tertiary/aromatic N) is 3. The quantitative estimate of drug-likeness (QED) is 0.764. The first-order chi connectivity index (χ1) is 7.84. The maximum Gasteiger partial charge on any atom is 0.349 e. The van der Waals surface area contributed by atoms with Gasteiger partial charge in [-0.3, -0.25) is 4.40 Å². The highest BCUT2D eigenvalue weighted by atomic mass is 19.3. The van der Waals surface area contributed by atoms with Gasteiger partial charge in [0.2, 0.25) is 0 Å². The Morgan fingerprint density at radius 2 is 1.94 bits per heavy atom. The third-order valence-electron chi connectivity index (χ3n) is 2.61. The Morgan fingerprint density at radius 1 is 1.29 bits per heavy atom. The van der Waals surface area contributed by atoms with E-state index in [9.17, 15) is 17.6 Å². The van der Waals surface area contributed by atoms with Crippen molar-refractivity contribution >= 4 is 5.65 Å². The largest absolute Gasteiger partial charge is 0.349 e. The molecule has 2 rings (SSSR count). The zero-order valence-corrected chi connectivity index (χ0v) is 9.09. The molecule has 0 N–H and O–H groups in total. The van der Waals surface area contributed by atoms with Crippen molar-refractivity contribution in [3.05, 3.63) is 29.5 Å². The van der Waals surface area contributed by atoms with Crippen molar-refractivity contribution in [3.8, 4) is 0 Å². The molecule has 0 aliphatic carbocycles. The van der Waals surface area contributed by atoms with Gasteiger partial charge in [0.1, 0.15) is 17.7 Å². The minimum Gasteiger partial charge on any atom is -0.287 e. The Kier molecular flexibility index (Phi) is 2.56. The van der Waals surface area contributed by atoms with Gasteiger partial charge in [0, 0.05) is 11.8 Å². The fourth-order valence-corrected chi connectivity index (χ4v) is 1.47. The molecule has 0 aliphatic heterocycles. The lowest BCUT2D eigenvalue weighted by Crippen LogP contribution is -2.25. The number of aryl methyl sites for hydroxylation is 2. The third-order valence-corrected chi connectivity index (χ3v) is 2.61. The number of rotatable bonds is 2. The van der Waals surface area contributed by atoms with E-state index in [1.807, 2.05) is 0 Å². The molecule has 0 spiro atoms. The van der Waals surface area contributed by atoms with Crippen LogP contribution in [0.25, 0.3) is 5.65 Å². The maximum atomic E-state index is 13.1. The van der Waals surface area contributed by atoms with Crippen LogP contribution in [0.15, 0.2) is 12.4 Å². The van der Waals surface area contributed by atoms with Crippen molar-refractivity contribution in [2.45, 2.75) is 26.2 Å². The predicted octanol–water partition coefficient (Wildman–Crippen LogP) is 2.70. The van der Waals surface area contributed by atoms with Crippen LogP contribution in [-0.4, -0.2) is 20.8 Å². The molecule has 0 saturated carbocycles. The molecule has 7 heteroatoms. The fraction of sp³-hybridized carbons (Fsp3) is 0.400. The standard InChI is InChI=1S/C10H9F4N3/c1-5-6(2)17-4-15-7(3-8(17)16-5)10(13,14)9(11)12/h3-4,9H,1-2H3. The first-order valence-electron chi connectivity index (χ1n) is 4.81. The SMILES string of the molecule is Cc1nc2cc(C(F)(F)C(F)F)ncn2c1C. The molecule has 2 aromatic rings. The van der Waals surface area contributed by atoms with Crippen LogP contribution < -0.4 is 0 Å². The van der Waals surface area contributed by atoms with Gasteiger partial charge in [-0.05, 0) is 13.8 Å². The van der Waals surface area contributed by atoms with Crippen molar-refractivity contribution in [1.29, 1.82) is 0 Å². The van der Waals surface area contributed by atoms with Crippen LogP contribution in [0.1, 0.15) is 17.1 Å². The normalized spacial score (nSPS) is 12.6. The number of alkyl halides is 4. The van der Waals surface area contributed by atoms with Crippen molar-refractivity contribution in [1.82, 2.24) is 14.4 Å². The van der Waals surface area contributed by atoms with E-state index in [1.54, 1.807) is 13.8 Å². The summed E-state index contributed by atoms with van der Waals surface area (Å²) in [7, 11) is 0. The Labute approximate surface area is 94.1 Å². The second-order valence-corrected chi connectivity index (χ2v) is 3.71. The van der Waals surface area contributed by atoms with Crippen LogP contribution in [0.4, 0.5) is 17.6 Å². The van der Waals surface area contributed by atoms with Gasteiger partial charge >= 0.3 is 12.3 Å². The van der Waals surface area contributed by atoms with Crippen LogP contribution in [0.2, 0.25) is 0 Å². The van der Waals surface area contributed by atoms with E-state index in [0.29, 0.717) is 5.69 Å². The van der Waals surface area contributed by atoms with E-state index in [4.69, 9.17) is 0 Å². The first kappa shape index (κ1) is 11.8. The average molecular weight is 247 g/mol. The lowest BCUT2D eigenvalue weighted by molar-refractivity contribution is -0.138. The van der Waals surface area contributed by atoms with E-state index in [2.05, 4.69) is 9.97 Å². The van der Waals surface area contributed by atoms with E-state index in [1.165, 1.54) is 4.40 Å². The van der Waals surface area contributed by atoms with Crippen molar-refractivity contribution in [3.63, 3.8) is 0 Å². The Balaban J connectivity index is 2.59. The number of fused-ring (bicyclic) bond motifs is 1. The smallest absolute Gasteiger partial charge is 0.287 e. The van der Waals surface area contributed by atoms with Gasteiger partial charge in [0.25, 0.3) is 0 Å². The van der Waals surface area contributed by atoms with E-state index >= 15 is 0 Å². The summed E-state index contributed by atoms with van der Waals surface area (Å²) in [5, 5.41) is 0. The van der Waals surface area contributed by atoms with Gasteiger partial charge in [-0.1, -0.05) is 0 Å². The Hall–Kier alpha value is -1.66. The van der Waals surface area contributed by atoms with Crippen LogP contribution in [0.3, 0.4) is 0 Å². The molecular weight excluding hydrogens is 238 g/mol. The van der Waals surface area contributed by atoms with Gasteiger partial charge in [-0.15, -0.1) is 0 Å². The molecule has 0 unspecified atom stereocenters. The van der Waals surface area contributed by atoms with Crippen LogP contribution in [0.5, 0.6) is 0 Å². The molecule has 2 aromatic heterocycles. The van der Waals surface area contributed by atoms with Crippen LogP contribution in [0, 0.1) is 13.8 Å². The predicted molar refractivity (Wildman–Crippen MR) is 52.4 cm³/mol. The highest BCUT2D eigenvalue weighted by Gasteiger charge is 2.44. The second-order valence-electron chi connectivity index (χ2n) is 3.71. The average Bonchev–Trinajstić information content (AvgIpc) is 2.54. The van der Waals surface area contributed by atoms with Crippen molar-refractivity contribution in [2.75, 3.05) is 0 Å². The molecule has 0 aliphatic rings. The highest BCUT2D eigenvalue weighted by Crippen LogP contribution is 2.33. The lowest BCUT2D eigenvalue weighted by atomic mass is 10.2. The fourth-order valence-electron chi connectivity index (χ4n) is 1.47. The molecule has 0 bridgehead atoms. The lowest BCUT2D eigenvalue weighted by Gasteiger charge is -2.14. The topological polar surface area (TPSA) is 30.2 Å². The minimum atomic E-state index is -4.25. The molecule has 0 amide bonds. The molecule has 0 fully saturated rings. The second kappa shape index (κ2) is 3.68. The third kappa shape index (κ3) is 1.75. The molecule has 0 atom stereocenters. The monoisotopic (exact) mass is 247 g/mol. The summed E-state index contributed by atoms with van der Waals surface area (Å²) >= 11 is 0. The van der Waals surface area contributed by atoms with Crippen molar-refractivity contribution in [2.24, 2.45) is 0 Å². The number of aromatic nitrogens is 3. The number of hydrogen-bond acceptors (Lipinski definition) is 2. The molecule has 0 aromatic carbocycles. The number of imidazole rings is 1. The number of hydrogen-bond donors (Lipinski definition) is 0. The maximum absolute atomic E-state index is 13.1. The minimum absolute atomic E-state index is 0.185. The van der Waals surface area contributed by atoms with Gasteiger partial charge in [0.05, 0.1) is 5.69 Å². The molecule has 17 heavy (non-hydrogen) atoms. The summed E-state index contributed by atoms with van der Waals surface area (Å²) in [5.74, 6) is -4.25. The van der Waals surface area contributed by atoms with Gasteiger partial charge in [-0.25, -0.2) is 18.7 Å². The Morgan fingerprint density at radius 3 is 2.53 bits per heavy atom.